The monoisotopic (exact) mass is 412 g/mol. The van der Waals surface area contributed by atoms with Crippen molar-refractivity contribution < 1.29 is 17.4 Å². The fourth-order valence-electron chi connectivity index (χ4n) is 3.04. The van der Waals surface area contributed by atoms with Crippen LogP contribution in [0.3, 0.4) is 0 Å². The van der Waals surface area contributed by atoms with Gasteiger partial charge in [0.15, 0.2) is 41.1 Å². The maximum absolute atomic E-state index is 13.8. The molecule has 0 aliphatic carbocycles. The lowest BCUT2D eigenvalue weighted by Gasteiger charge is -2.26. The van der Waals surface area contributed by atoms with Gasteiger partial charge in [-0.3, -0.25) is 0 Å². The highest BCUT2D eigenvalue weighted by Gasteiger charge is 2.24. The van der Waals surface area contributed by atoms with Gasteiger partial charge in [0, 0.05) is 13.0 Å². The number of halogens is 1. The van der Waals surface area contributed by atoms with Crippen LogP contribution in [-0.4, -0.2) is 47.7 Å². The standard InChI is InChI=1S/C16H41FO3Si4/c1-21(2)19-23(5,6)14-10-9-12-16(17)18-13-11-15-24(7,8)20-22(3)4/h16,21-22H,9-15H2,1-8H3. The van der Waals surface area contributed by atoms with Crippen molar-refractivity contribution in [2.75, 3.05) is 6.61 Å². The minimum absolute atomic E-state index is 0.514. The molecular weight excluding hydrogens is 372 g/mol. The zero-order valence-corrected chi connectivity index (χ0v) is 21.6. The molecule has 24 heavy (non-hydrogen) atoms. The van der Waals surface area contributed by atoms with Crippen LogP contribution in [0.4, 0.5) is 4.39 Å². The molecule has 0 rings (SSSR count). The molecule has 0 N–H and O–H groups in total. The first-order valence-corrected chi connectivity index (χ1v) is 21.3. The molecule has 0 aliphatic heterocycles. The summed E-state index contributed by atoms with van der Waals surface area (Å²) in [6.45, 7) is 18.4. The van der Waals surface area contributed by atoms with Crippen molar-refractivity contribution in [2.45, 2.75) is 96.5 Å². The summed E-state index contributed by atoms with van der Waals surface area (Å²) in [7, 11) is -4.98. The highest BCUT2D eigenvalue weighted by molar-refractivity contribution is 6.78. The second kappa shape index (κ2) is 12.1. The van der Waals surface area contributed by atoms with Crippen LogP contribution in [0.1, 0.15) is 25.7 Å². The van der Waals surface area contributed by atoms with Crippen molar-refractivity contribution in [3.8, 4) is 0 Å². The third-order valence-corrected chi connectivity index (χ3v) is 15.8. The molecule has 0 amide bonds. The Hall–Kier alpha value is 0.678. The first-order valence-electron chi connectivity index (χ1n) is 9.55. The van der Waals surface area contributed by atoms with Crippen molar-refractivity contribution in [1.29, 1.82) is 0 Å². The van der Waals surface area contributed by atoms with E-state index in [9.17, 15) is 4.39 Å². The topological polar surface area (TPSA) is 27.7 Å². The van der Waals surface area contributed by atoms with Crippen molar-refractivity contribution in [1.82, 2.24) is 0 Å². The molecule has 0 aromatic carbocycles. The molecule has 1 atom stereocenters. The number of ether oxygens (including phenoxy) is 1. The molecule has 0 saturated carbocycles. The summed E-state index contributed by atoms with van der Waals surface area (Å²) in [6, 6.07) is 2.18. The first-order chi connectivity index (χ1) is 10.9. The second-order valence-electron chi connectivity index (χ2n) is 8.48. The summed E-state index contributed by atoms with van der Waals surface area (Å²) in [4.78, 5) is 0. The summed E-state index contributed by atoms with van der Waals surface area (Å²) in [5.41, 5.74) is 0. The van der Waals surface area contributed by atoms with Gasteiger partial charge in [-0.2, -0.15) is 0 Å². The zero-order chi connectivity index (χ0) is 18.8. The van der Waals surface area contributed by atoms with Gasteiger partial charge in [-0.25, -0.2) is 4.39 Å². The molecule has 0 radical (unpaired) electrons. The van der Waals surface area contributed by atoms with Crippen molar-refractivity contribution in [3.05, 3.63) is 0 Å². The SMILES string of the molecule is C[SiH](C)O[Si](C)(C)CCCCC(F)OCCC[Si](C)(C)O[SiH](C)C. The number of hydrogen-bond acceptors (Lipinski definition) is 3. The Morgan fingerprint density at radius 2 is 1.25 bits per heavy atom. The summed E-state index contributed by atoms with van der Waals surface area (Å²) < 4.78 is 31.4. The lowest BCUT2D eigenvalue weighted by molar-refractivity contribution is -0.0442. The van der Waals surface area contributed by atoms with E-state index in [1.807, 2.05) is 0 Å². The summed E-state index contributed by atoms with van der Waals surface area (Å²) in [5.74, 6) is 0. The first kappa shape index (κ1) is 24.7. The molecule has 8 heteroatoms. The third kappa shape index (κ3) is 15.0. The molecule has 3 nitrogen and oxygen atoms in total. The molecule has 1 unspecified atom stereocenters. The van der Waals surface area contributed by atoms with E-state index in [-0.39, 0.29) is 0 Å². The number of hydrogen-bond donors (Lipinski definition) is 0. The van der Waals surface area contributed by atoms with E-state index >= 15 is 0 Å². The normalized spacial score (nSPS) is 14.6. The Labute approximate surface area is 155 Å². The maximum atomic E-state index is 13.8. The molecule has 0 bridgehead atoms. The fourth-order valence-corrected chi connectivity index (χ4v) is 16.3. The molecule has 0 aromatic heterocycles. The largest absolute Gasteiger partial charge is 0.458 e. The van der Waals surface area contributed by atoms with Crippen LogP contribution in [-0.2, 0) is 13.0 Å². The Morgan fingerprint density at radius 1 is 0.792 bits per heavy atom. The van der Waals surface area contributed by atoms with E-state index in [0.29, 0.717) is 13.0 Å². The summed E-state index contributed by atoms with van der Waals surface area (Å²) >= 11 is 0. The molecule has 0 heterocycles. The number of unbranched alkanes of at least 4 members (excludes halogenated alkanes) is 1. The van der Waals surface area contributed by atoms with Gasteiger partial charge in [0.1, 0.15) is 0 Å². The molecular formula is C16H41FO3Si4. The minimum Gasteiger partial charge on any atom is -0.458 e. The van der Waals surface area contributed by atoms with E-state index < -0.39 is 41.1 Å². The molecule has 146 valence electrons. The highest BCUT2D eigenvalue weighted by Crippen LogP contribution is 2.19. The van der Waals surface area contributed by atoms with Gasteiger partial charge in [-0.05, 0) is 77.3 Å². The van der Waals surface area contributed by atoms with Crippen LogP contribution >= 0.6 is 0 Å². The predicted octanol–water partition coefficient (Wildman–Crippen LogP) is 5.27. The van der Waals surface area contributed by atoms with Crippen LogP contribution in [0, 0.1) is 0 Å². The van der Waals surface area contributed by atoms with E-state index in [1.165, 1.54) is 0 Å². The van der Waals surface area contributed by atoms with Crippen molar-refractivity contribution in [3.63, 3.8) is 0 Å². The second-order valence-corrected chi connectivity index (χ2v) is 22.6. The zero-order valence-electron chi connectivity index (χ0n) is 17.3. The van der Waals surface area contributed by atoms with Gasteiger partial charge in [0.25, 0.3) is 0 Å². The Balaban J connectivity index is 3.72. The molecule has 0 aromatic rings. The van der Waals surface area contributed by atoms with Crippen LogP contribution in [0.25, 0.3) is 0 Å². The number of rotatable bonds is 14. The average Bonchev–Trinajstić information content (AvgIpc) is 2.37. The third-order valence-electron chi connectivity index (χ3n) is 3.79. The lowest BCUT2D eigenvalue weighted by atomic mass is 10.2. The predicted molar refractivity (Wildman–Crippen MR) is 114 cm³/mol. The smallest absolute Gasteiger partial charge is 0.198 e. The quantitative estimate of drug-likeness (QED) is 0.287. The van der Waals surface area contributed by atoms with E-state index in [4.69, 9.17) is 13.0 Å². The van der Waals surface area contributed by atoms with E-state index in [1.54, 1.807) is 0 Å². The van der Waals surface area contributed by atoms with Crippen LogP contribution in [0.2, 0.25) is 64.5 Å². The molecule has 0 aliphatic rings. The van der Waals surface area contributed by atoms with E-state index in [0.717, 1.165) is 31.4 Å². The van der Waals surface area contributed by atoms with Gasteiger partial charge >= 0.3 is 0 Å². The van der Waals surface area contributed by atoms with Crippen LogP contribution < -0.4 is 0 Å². The van der Waals surface area contributed by atoms with Gasteiger partial charge in [0.05, 0.1) is 0 Å². The van der Waals surface area contributed by atoms with Gasteiger partial charge in [-0.1, -0.05) is 6.42 Å². The van der Waals surface area contributed by atoms with Gasteiger partial charge in [0.2, 0.25) is 0 Å². The Bertz CT molecular complexity index is 298. The Morgan fingerprint density at radius 3 is 1.71 bits per heavy atom. The summed E-state index contributed by atoms with van der Waals surface area (Å²) in [6.07, 6.45) is 2.26. The Kier molecular flexibility index (Phi) is 12.5. The minimum atomic E-state index is -1.55. The van der Waals surface area contributed by atoms with Crippen molar-refractivity contribution >= 4 is 34.7 Å². The average molecular weight is 413 g/mol. The van der Waals surface area contributed by atoms with Gasteiger partial charge < -0.3 is 13.0 Å². The maximum Gasteiger partial charge on any atom is 0.198 e. The molecule has 0 saturated heterocycles. The highest BCUT2D eigenvalue weighted by atomic mass is 28.4. The fraction of sp³-hybridized carbons (Fsp3) is 1.00. The van der Waals surface area contributed by atoms with Crippen molar-refractivity contribution in [2.24, 2.45) is 0 Å². The van der Waals surface area contributed by atoms with Crippen LogP contribution in [0.15, 0.2) is 0 Å². The summed E-state index contributed by atoms with van der Waals surface area (Å²) in [5, 5.41) is 0. The van der Waals surface area contributed by atoms with Crippen LogP contribution in [0.5, 0.6) is 0 Å². The molecule has 0 spiro atoms. The van der Waals surface area contributed by atoms with Gasteiger partial charge in [-0.15, -0.1) is 0 Å². The number of alkyl halides is 1. The molecule has 0 fully saturated rings. The lowest BCUT2D eigenvalue weighted by Crippen LogP contribution is -2.35. The van der Waals surface area contributed by atoms with E-state index in [2.05, 4.69) is 52.4 Å².